The van der Waals surface area contributed by atoms with E-state index in [9.17, 15) is 4.79 Å². The molecular weight excluding hydrogens is 214 g/mol. The van der Waals surface area contributed by atoms with E-state index >= 15 is 0 Å². The van der Waals surface area contributed by atoms with Gasteiger partial charge in [-0.2, -0.15) is 0 Å². The Labute approximate surface area is 102 Å². The van der Waals surface area contributed by atoms with Gasteiger partial charge >= 0.3 is 5.97 Å². The van der Waals surface area contributed by atoms with Gasteiger partial charge in [-0.1, -0.05) is 25.5 Å². The molecule has 0 amide bonds. The molecule has 1 aromatic rings. The van der Waals surface area contributed by atoms with Crippen LogP contribution in [0, 0.1) is 5.92 Å². The van der Waals surface area contributed by atoms with E-state index in [0.717, 1.165) is 24.9 Å². The first-order valence-electron chi connectivity index (χ1n) is 6.18. The van der Waals surface area contributed by atoms with Crippen molar-refractivity contribution in [3.8, 4) is 0 Å². The molecule has 2 unspecified atom stereocenters. The fourth-order valence-corrected chi connectivity index (χ4v) is 2.25. The molecular formula is C14H19NO2. The van der Waals surface area contributed by atoms with Crippen LogP contribution in [-0.2, 0) is 11.2 Å². The van der Waals surface area contributed by atoms with Crippen LogP contribution in [0.25, 0.3) is 0 Å². The van der Waals surface area contributed by atoms with Crippen molar-refractivity contribution in [3.05, 3.63) is 29.8 Å². The highest BCUT2D eigenvalue weighted by Gasteiger charge is 2.46. The van der Waals surface area contributed by atoms with Crippen LogP contribution in [0.2, 0.25) is 0 Å². The maximum absolute atomic E-state index is 10.8. The summed E-state index contributed by atoms with van der Waals surface area (Å²) in [5, 5.41) is 8.91. The van der Waals surface area contributed by atoms with Crippen molar-refractivity contribution in [2.24, 2.45) is 5.92 Å². The number of hydrogen-bond acceptors (Lipinski definition) is 2. The summed E-state index contributed by atoms with van der Waals surface area (Å²) in [6.45, 7) is 2.17. The third-order valence-electron chi connectivity index (χ3n) is 3.45. The Bertz CT molecular complexity index is 399. The number of anilines is 1. The van der Waals surface area contributed by atoms with E-state index in [1.165, 1.54) is 5.56 Å². The third-order valence-corrected chi connectivity index (χ3v) is 3.45. The lowest BCUT2D eigenvalue weighted by atomic mass is 10.1. The summed E-state index contributed by atoms with van der Waals surface area (Å²) in [6, 6.07) is 8.61. The topological polar surface area (TPSA) is 40.5 Å². The highest BCUT2D eigenvalue weighted by Crippen LogP contribution is 2.37. The average molecular weight is 233 g/mol. The number of aliphatic carboxylic acids is 1. The molecule has 17 heavy (non-hydrogen) atoms. The summed E-state index contributed by atoms with van der Waals surface area (Å²) >= 11 is 0. The van der Waals surface area contributed by atoms with Crippen LogP contribution in [0.15, 0.2) is 24.3 Å². The van der Waals surface area contributed by atoms with E-state index in [4.69, 9.17) is 5.11 Å². The van der Waals surface area contributed by atoms with Gasteiger partial charge in [-0.3, -0.25) is 4.79 Å². The molecule has 2 rings (SSSR count). The fraction of sp³-hybridized carbons (Fsp3) is 0.500. The Kier molecular flexibility index (Phi) is 3.36. The molecule has 2 atom stereocenters. The fourth-order valence-electron chi connectivity index (χ4n) is 2.25. The van der Waals surface area contributed by atoms with Crippen LogP contribution in [0.1, 0.15) is 25.3 Å². The van der Waals surface area contributed by atoms with E-state index in [-0.39, 0.29) is 12.0 Å². The van der Waals surface area contributed by atoms with Crippen LogP contribution < -0.4 is 4.90 Å². The smallest absolute Gasteiger partial charge is 0.308 e. The zero-order chi connectivity index (χ0) is 12.4. The average Bonchev–Trinajstić information content (AvgIpc) is 3.09. The summed E-state index contributed by atoms with van der Waals surface area (Å²) in [7, 11) is 1.97. The second-order valence-electron chi connectivity index (χ2n) is 4.78. The van der Waals surface area contributed by atoms with Gasteiger partial charge in [-0.05, 0) is 30.5 Å². The number of carbonyl (C=O) groups is 1. The normalized spacial score (nSPS) is 22.2. The van der Waals surface area contributed by atoms with Crippen molar-refractivity contribution in [2.75, 3.05) is 11.9 Å². The van der Waals surface area contributed by atoms with Gasteiger partial charge < -0.3 is 10.0 Å². The third kappa shape index (κ3) is 2.60. The number of rotatable bonds is 5. The molecule has 0 heterocycles. The van der Waals surface area contributed by atoms with E-state index in [1.54, 1.807) is 0 Å². The molecule has 92 valence electrons. The Morgan fingerprint density at radius 3 is 2.53 bits per heavy atom. The second kappa shape index (κ2) is 4.78. The summed E-state index contributed by atoms with van der Waals surface area (Å²) in [4.78, 5) is 12.9. The predicted octanol–water partition coefficient (Wildman–Crippen LogP) is 2.55. The van der Waals surface area contributed by atoms with E-state index in [0.29, 0.717) is 0 Å². The summed E-state index contributed by atoms with van der Waals surface area (Å²) in [6.07, 6.45) is 3.02. The SMILES string of the molecule is CCCc1ccc(N(C)C2CC2C(=O)O)cc1. The van der Waals surface area contributed by atoms with Crippen LogP contribution in [0.4, 0.5) is 5.69 Å². The minimum absolute atomic E-state index is 0.171. The Hall–Kier alpha value is -1.51. The molecule has 3 nitrogen and oxygen atoms in total. The number of nitrogens with zero attached hydrogens (tertiary/aromatic N) is 1. The first-order chi connectivity index (χ1) is 8.13. The highest BCUT2D eigenvalue weighted by atomic mass is 16.4. The largest absolute Gasteiger partial charge is 0.481 e. The number of hydrogen-bond donors (Lipinski definition) is 1. The quantitative estimate of drug-likeness (QED) is 0.849. The molecule has 1 fully saturated rings. The molecule has 0 saturated heterocycles. The number of carboxylic acids is 1. The van der Waals surface area contributed by atoms with Gasteiger partial charge in [0.15, 0.2) is 0 Å². The lowest BCUT2D eigenvalue weighted by Gasteiger charge is -2.19. The van der Waals surface area contributed by atoms with Crippen molar-refractivity contribution in [2.45, 2.75) is 32.2 Å². The molecule has 0 aliphatic heterocycles. The van der Waals surface area contributed by atoms with Crippen LogP contribution in [0.5, 0.6) is 0 Å². The highest BCUT2D eigenvalue weighted by molar-refractivity contribution is 5.76. The molecule has 1 aromatic carbocycles. The Morgan fingerprint density at radius 2 is 2.06 bits per heavy atom. The summed E-state index contributed by atoms with van der Waals surface area (Å²) in [5.41, 5.74) is 2.45. The van der Waals surface area contributed by atoms with Gasteiger partial charge in [0.05, 0.1) is 5.92 Å². The van der Waals surface area contributed by atoms with Gasteiger partial charge in [0.2, 0.25) is 0 Å². The molecule has 1 N–H and O–H groups in total. The molecule has 1 aliphatic carbocycles. The first-order valence-corrected chi connectivity index (χ1v) is 6.18. The number of carboxylic acid groups (broad SMARTS) is 1. The summed E-state index contributed by atoms with van der Waals surface area (Å²) < 4.78 is 0. The van der Waals surface area contributed by atoms with Crippen LogP contribution in [-0.4, -0.2) is 24.2 Å². The molecule has 0 spiro atoms. The molecule has 1 saturated carbocycles. The van der Waals surface area contributed by atoms with Crippen LogP contribution in [0.3, 0.4) is 0 Å². The van der Waals surface area contributed by atoms with E-state index in [2.05, 4.69) is 36.1 Å². The van der Waals surface area contributed by atoms with Gasteiger partial charge in [-0.25, -0.2) is 0 Å². The van der Waals surface area contributed by atoms with Crippen molar-refractivity contribution >= 4 is 11.7 Å². The van der Waals surface area contributed by atoms with Crippen molar-refractivity contribution in [1.82, 2.24) is 0 Å². The van der Waals surface area contributed by atoms with Crippen molar-refractivity contribution in [1.29, 1.82) is 0 Å². The maximum Gasteiger partial charge on any atom is 0.308 e. The Balaban J connectivity index is 2.00. The molecule has 0 aromatic heterocycles. The number of benzene rings is 1. The lowest BCUT2D eigenvalue weighted by molar-refractivity contribution is -0.138. The molecule has 0 radical (unpaired) electrons. The van der Waals surface area contributed by atoms with Gasteiger partial charge in [-0.15, -0.1) is 0 Å². The Morgan fingerprint density at radius 1 is 1.41 bits per heavy atom. The molecule has 0 bridgehead atoms. The van der Waals surface area contributed by atoms with E-state index in [1.807, 2.05) is 7.05 Å². The lowest BCUT2D eigenvalue weighted by Crippen LogP contribution is -2.23. The summed E-state index contributed by atoms with van der Waals surface area (Å²) in [5.74, 6) is -0.861. The van der Waals surface area contributed by atoms with Crippen molar-refractivity contribution < 1.29 is 9.90 Å². The van der Waals surface area contributed by atoms with Gasteiger partial charge in [0, 0.05) is 18.8 Å². The van der Waals surface area contributed by atoms with Crippen LogP contribution >= 0.6 is 0 Å². The van der Waals surface area contributed by atoms with Gasteiger partial charge in [0.1, 0.15) is 0 Å². The zero-order valence-electron chi connectivity index (χ0n) is 10.4. The maximum atomic E-state index is 10.8. The first kappa shape index (κ1) is 12.0. The monoisotopic (exact) mass is 233 g/mol. The minimum Gasteiger partial charge on any atom is -0.481 e. The van der Waals surface area contributed by atoms with Gasteiger partial charge in [0.25, 0.3) is 0 Å². The molecule has 1 aliphatic rings. The van der Waals surface area contributed by atoms with E-state index < -0.39 is 5.97 Å². The van der Waals surface area contributed by atoms with Crippen molar-refractivity contribution in [3.63, 3.8) is 0 Å². The predicted molar refractivity (Wildman–Crippen MR) is 68.4 cm³/mol. The minimum atomic E-state index is -0.676. The number of aryl methyl sites for hydroxylation is 1. The molecule has 3 heteroatoms. The second-order valence-corrected chi connectivity index (χ2v) is 4.78. The standard InChI is InChI=1S/C14H19NO2/c1-3-4-10-5-7-11(8-6-10)15(2)13-9-12(13)14(16)17/h5-8,12-13H,3-4,9H2,1-2H3,(H,16,17). The zero-order valence-corrected chi connectivity index (χ0v) is 10.4.